The molecule has 0 aromatic heterocycles. The van der Waals surface area contributed by atoms with Gasteiger partial charge in [-0.25, -0.2) is 0 Å². The number of carbonyl (C=O) groups is 1. The lowest BCUT2D eigenvalue weighted by Gasteiger charge is -2.39. The van der Waals surface area contributed by atoms with Crippen LogP contribution in [-0.2, 0) is 0 Å². The molecule has 0 unspecified atom stereocenters. The predicted octanol–water partition coefficient (Wildman–Crippen LogP) is 3.82. The quantitative estimate of drug-likeness (QED) is 0.824. The highest BCUT2D eigenvalue weighted by atomic mass is 79.9. The number of likely N-dealkylation sites (tertiary alicyclic amines) is 1. The zero-order valence-corrected chi connectivity index (χ0v) is 14.7. The number of nitrogens with one attached hydrogen (secondary N) is 1. The summed E-state index contributed by atoms with van der Waals surface area (Å²) in [6.07, 6.45) is 3.50. The highest BCUT2D eigenvalue weighted by molar-refractivity contribution is 9.10. The number of nitrogens with zero attached hydrogens (tertiary/aromatic N) is 1. The zero-order chi connectivity index (χ0) is 15.9. The van der Waals surface area contributed by atoms with Gasteiger partial charge in [0, 0.05) is 29.7 Å². The maximum atomic E-state index is 13.1. The van der Waals surface area contributed by atoms with Gasteiger partial charge < -0.3 is 10.2 Å². The van der Waals surface area contributed by atoms with Crippen molar-refractivity contribution < 1.29 is 4.79 Å². The fourth-order valence-electron chi connectivity index (χ4n) is 4.03. The molecule has 2 saturated heterocycles. The van der Waals surface area contributed by atoms with Crippen LogP contribution >= 0.6 is 15.9 Å². The van der Waals surface area contributed by atoms with Gasteiger partial charge >= 0.3 is 0 Å². The summed E-state index contributed by atoms with van der Waals surface area (Å²) in [7, 11) is 0. The number of fused-ring (bicyclic) bond motifs is 1. The predicted molar refractivity (Wildman–Crippen MR) is 96.7 cm³/mol. The van der Waals surface area contributed by atoms with E-state index in [-0.39, 0.29) is 5.91 Å². The number of amides is 1. The van der Waals surface area contributed by atoms with Crippen LogP contribution in [0.5, 0.6) is 0 Å². The van der Waals surface area contributed by atoms with Crippen LogP contribution in [0.2, 0.25) is 0 Å². The largest absolute Gasteiger partial charge is 0.339 e. The molecule has 2 aliphatic rings. The van der Waals surface area contributed by atoms with Crippen molar-refractivity contribution >= 4 is 32.6 Å². The monoisotopic (exact) mass is 372 g/mol. The molecule has 120 valence electrons. The Bertz CT molecular complexity index is 742. The summed E-state index contributed by atoms with van der Waals surface area (Å²) in [6.45, 7) is 4.00. The Morgan fingerprint density at radius 3 is 2.65 bits per heavy atom. The number of hydrogen-bond acceptors (Lipinski definition) is 2. The Labute approximate surface area is 145 Å². The lowest BCUT2D eigenvalue weighted by Crippen LogP contribution is -2.44. The number of halogens is 1. The lowest BCUT2D eigenvalue weighted by atomic mass is 9.77. The molecule has 0 atom stereocenters. The highest BCUT2D eigenvalue weighted by Crippen LogP contribution is 2.37. The topological polar surface area (TPSA) is 32.3 Å². The summed E-state index contributed by atoms with van der Waals surface area (Å²) in [6, 6.07) is 12.2. The maximum Gasteiger partial charge on any atom is 0.254 e. The Balaban J connectivity index is 1.60. The van der Waals surface area contributed by atoms with Crippen LogP contribution in [0, 0.1) is 5.41 Å². The van der Waals surface area contributed by atoms with Crippen LogP contribution in [0.25, 0.3) is 10.8 Å². The van der Waals surface area contributed by atoms with Gasteiger partial charge in [0.25, 0.3) is 5.91 Å². The first-order valence-corrected chi connectivity index (χ1v) is 9.15. The summed E-state index contributed by atoms with van der Waals surface area (Å²) >= 11 is 3.55. The second-order valence-corrected chi connectivity index (χ2v) is 7.81. The lowest BCUT2D eigenvalue weighted by molar-refractivity contribution is 0.0609. The molecule has 4 heteroatoms. The van der Waals surface area contributed by atoms with Crippen molar-refractivity contribution in [3.8, 4) is 0 Å². The average molecular weight is 373 g/mol. The fourth-order valence-corrected chi connectivity index (χ4v) is 4.50. The second kappa shape index (κ2) is 5.91. The third-order valence-electron chi connectivity index (χ3n) is 5.50. The van der Waals surface area contributed by atoms with Crippen molar-refractivity contribution in [3.63, 3.8) is 0 Å². The van der Waals surface area contributed by atoms with Crippen LogP contribution in [0.3, 0.4) is 0 Å². The van der Waals surface area contributed by atoms with Gasteiger partial charge in [0.05, 0.1) is 0 Å². The number of piperidine rings is 1. The molecule has 0 radical (unpaired) electrons. The van der Waals surface area contributed by atoms with Gasteiger partial charge in [-0.1, -0.05) is 40.2 Å². The molecule has 1 spiro atoms. The highest BCUT2D eigenvalue weighted by Gasteiger charge is 2.38. The third-order valence-corrected chi connectivity index (χ3v) is 5.96. The molecule has 0 bridgehead atoms. The van der Waals surface area contributed by atoms with E-state index >= 15 is 0 Å². The average Bonchev–Trinajstić information content (AvgIpc) is 3.02. The molecule has 2 aliphatic heterocycles. The summed E-state index contributed by atoms with van der Waals surface area (Å²) < 4.78 is 0.966. The molecule has 3 nitrogen and oxygen atoms in total. The van der Waals surface area contributed by atoms with E-state index in [0.29, 0.717) is 5.41 Å². The van der Waals surface area contributed by atoms with E-state index in [1.165, 1.54) is 6.42 Å². The minimum atomic E-state index is 0.170. The first kappa shape index (κ1) is 15.2. The molecular weight excluding hydrogens is 352 g/mol. The third kappa shape index (κ3) is 2.79. The van der Waals surface area contributed by atoms with Crippen LogP contribution in [0.1, 0.15) is 29.6 Å². The Kier molecular flexibility index (Phi) is 3.90. The van der Waals surface area contributed by atoms with E-state index in [1.54, 1.807) is 0 Å². The summed E-state index contributed by atoms with van der Waals surface area (Å²) in [5.74, 6) is 0.170. The van der Waals surface area contributed by atoms with Crippen LogP contribution < -0.4 is 5.32 Å². The second-order valence-electron chi connectivity index (χ2n) is 6.89. The molecule has 4 rings (SSSR count). The molecule has 2 fully saturated rings. The van der Waals surface area contributed by atoms with Crippen molar-refractivity contribution in [2.75, 3.05) is 26.2 Å². The van der Waals surface area contributed by atoms with Gasteiger partial charge in [-0.3, -0.25) is 4.79 Å². The number of hydrogen-bond donors (Lipinski definition) is 1. The molecule has 2 heterocycles. The number of rotatable bonds is 1. The summed E-state index contributed by atoms with van der Waals surface area (Å²) in [5, 5.41) is 5.64. The van der Waals surface area contributed by atoms with Gasteiger partial charge in [0.15, 0.2) is 0 Å². The smallest absolute Gasteiger partial charge is 0.254 e. The Morgan fingerprint density at radius 2 is 1.91 bits per heavy atom. The minimum absolute atomic E-state index is 0.170. The molecule has 2 aromatic carbocycles. The maximum absolute atomic E-state index is 13.1. The first-order chi connectivity index (χ1) is 11.2. The van der Waals surface area contributed by atoms with E-state index in [0.717, 1.165) is 59.8 Å². The molecule has 1 amide bonds. The summed E-state index contributed by atoms with van der Waals surface area (Å²) in [4.78, 5) is 15.1. The van der Waals surface area contributed by atoms with Crippen molar-refractivity contribution in [3.05, 3.63) is 46.4 Å². The molecule has 1 N–H and O–H groups in total. The first-order valence-electron chi connectivity index (χ1n) is 8.35. The van der Waals surface area contributed by atoms with E-state index in [9.17, 15) is 4.79 Å². The molecule has 0 aliphatic carbocycles. The van der Waals surface area contributed by atoms with Crippen LogP contribution in [-0.4, -0.2) is 37.0 Å². The standard InChI is InChI=1S/C19H21BrN2O/c20-15-11-14-3-1-2-4-16(14)17(12-15)18(23)22-9-6-19(7-10-22)5-8-21-13-19/h1-4,11-12,21H,5-10,13H2. The van der Waals surface area contributed by atoms with Crippen molar-refractivity contribution in [2.24, 2.45) is 5.41 Å². The van der Waals surface area contributed by atoms with Crippen molar-refractivity contribution in [2.45, 2.75) is 19.3 Å². The van der Waals surface area contributed by atoms with Crippen LogP contribution in [0.4, 0.5) is 0 Å². The Hall–Kier alpha value is -1.39. The van der Waals surface area contributed by atoms with Gasteiger partial charge in [-0.05, 0) is 54.1 Å². The SMILES string of the molecule is O=C(c1cc(Br)cc2ccccc12)N1CCC2(CCNC2)CC1. The van der Waals surface area contributed by atoms with Gasteiger partial charge in [-0.15, -0.1) is 0 Å². The molecular formula is C19H21BrN2O. The fraction of sp³-hybridized carbons (Fsp3) is 0.421. The van der Waals surface area contributed by atoms with Crippen molar-refractivity contribution in [1.82, 2.24) is 10.2 Å². The van der Waals surface area contributed by atoms with E-state index in [1.807, 2.05) is 29.2 Å². The summed E-state index contributed by atoms with van der Waals surface area (Å²) in [5.41, 5.74) is 1.26. The van der Waals surface area contributed by atoms with Gasteiger partial charge in [0.2, 0.25) is 0 Å². The molecule has 2 aromatic rings. The number of carbonyl (C=O) groups excluding carboxylic acids is 1. The van der Waals surface area contributed by atoms with Crippen LogP contribution in [0.15, 0.2) is 40.9 Å². The van der Waals surface area contributed by atoms with E-state index in [4.69, 9.17) is 0 Å². The van der Waals surface area contributed by atoms with Gasteiger partial charge in [0.1, 0.15) is 0 Å². The van der Waals surface area contributed by atoms with E-state index in [2.05, 4.69) is 33.4 Å². The Morgan fingerprint density at radius 1 is 1.13 bits per heavy atom. The minimum Gasteiger partial charge on any atom is -0.339 e. The normalized spacial score (nSPS) is 20.3. The number of benzene rings is 2. The van der Waals surface area contributed by atoms with E-state index < -0.39 is 0 Å². The zero-order valence-electron chi connectivity index (χ0n) is 13.1. The molecule has 23 heavy (non-hydrogen) atoms. The van der Waals surface area contributed by atoms with Gasteiger partial charge in [-0.2, -0.15) is 0 Å². The molecule has 0 saturated carbocycles. The van der Waals surface area contributed by atoms with Crippen molar-refractivity contribution in [1.29, 1.82) is 0 Å².